The maximum Gasteiger partial charge on any atom is 0.137 e. The summed E-state index contributed by atoms with van der Waals surface area (Å²) in [6, 6.07) is 0. The first kappa shape index (κ1) is 5.15. The Morgan fingerprint density at radius 1 is 1.00 bits per heavy atom. The van der Waals surface area contributed by atoms with Crippen molar-refractivity contribution in [2.24, 2.45) is 11.8 Å². The molecule has 2 fully saturated rings. The lowest BCUT2D eigenvalue weighted by atomic mass is 9.98. The summed E-state index contributed by atoms with van der Waals surface area (Å²) in [5.41, 5.74) is 0. The van der Waals surface area contributed by atoms with E-state index in [1.165, 1.54) is 0 Å². The Hall–Kier alpha value is -0.660. The Bertz CT molecular complexity index is 163. The third-order valence-corrected chi connectivity index (χ3v) is 2.37. The third-order valence-electron chi connectivity index (χ3n) is 2.37. The van der Waals surface area contributed by atoms with Crippen LogP contribution in [0.15, 0.2) is 0 Å². The van der Waals surface area contributed by atoms with E-state index in [1.54, 1.807) is 0 Å². The number of carbonyl (C=O) groups excluding carboxylic acids is 2. The van der Waals surface area contributed by atoms with Crippen molar-refractivity contribution in [3.05, 3.63) is 0 Å². The third kappa shape index (κ3) is 0.560. The van der Waals surface area contributed by atoms with Crippen molar-refractivity contribution in [1.82, 2.24) is 0 Å². The van der Waals surface area contributed by atoms with Crippen molar-refractivity contribution < 1.29 is 9.59 Å². The maximum absolute atomic E-state index is 10.8. The molecule has 0 aromatic carbocycles. The number of hydrogen-bond acceptors (Lipinski definition) is 2. The van der Waals surface area contributed by atoms with Crippen LogP contribution in [-0.2, 0) is 9.59 Å². The zero-order valence-corrected chi connectivity index (χ0v) is 5.09. The molecule has 48 valence electrons. The Labute approximate surface area is 53.2 Å². The van der Waals surface area contributed by atoms with Crippen LogP contribution in [0.2, 0.25) is 0 Å². The second kappa shape index (κ2) is 1.43. The molecule has 2 saturated carbocycles. The summed E-state index contributed by atoms with van der Waals surface area (Å²) < 4.78 is 0. The molecule has 2 bridgehead atoms. The topological polar surface area (TPSA) is 34.1 Å². The van der Waals surface area contributed by atoms with E-state index in [0.717, 1.165) is 6.42 Å². The smallest absolute Gasteiger partial charge is 0.137 e. The van der Waals surface area contributed by atoms with Crippen LogP contribution in [0.3, 0.4) is 0 Å². The number of fused-ring (bicyclic) bond motifs is 2. The van der Waals surface area contributed by atoms with E-state index in [9.17, 15) is 9.59 Å². The lowest BCUT2D eigenvalue weighted by molar-refractivity contribution is -0.129. The Kier molecular flexibility index (Phi) is 0.821. The molecule has 0 aromatic rings. The molecule has 0 heterocycles. The van der Waals surface area contributed by atoms with Crippen LogP contribution in [0.4, 0.5) is 0 Å². The van der Waals surface area contributed by atoms with Gasteiger partial charge in [-0.15, -0.1) is 0 Å². The highest BCUT2D eigenvalue weighted by molar-refractivity contribution is 5.99. The minimum atomic E-state index is 0.127. The van der Waals surface area contributed by atoms with Gasteiger partial charge in [-0.05, 0) is 6.42 Å². The van der Waals surface area contributed by atoms with Gasteiger partial charge >= 0.3 is 0 Å². The van der Waals surface area contributed by atoms with E-state index in [1.807, 2.05) is 0 Å². The minimum absolute atomic E-state index is 0.127. The van der Waals surface area contributed by atoms with Gasteiger partial charge in [-0.1, -0.05) is 0 Å². The van der Waals surface area contributed by atoms with Crippen LogP contribution < -0.4 is 0 Å². The highest BCUT2D eigenvalue weighted by atomic mass is 16.1. The monoisotopic (exact) mass is 124 g/mol. The van der Waals surface area contributed by atoms with Gasteiger partial charge < -0.3 is 0 Å². The van der Waals surface area contributed by atoms with Gasteiger partial charge in [-0.3, -0.25) is 9.59 Å². The van der Waals surface area contributed by atoms with E-state index >= 15 is 0 Å². The zero-order valence-electron chi connectivity index (χ0n) is 5.09. The first-order chi connectivity index (χ1) is 4.27. The van der Waals surface area contributed by atoms with Crippen molar-refractivity contribution in [1.29, 1.82) is 0 Å². The van der Waals surface area contributed by atoms with Crippen LogP contribution in [0, 0.1) is 11.8 Å². The maximum atomic E-state index is 10.8. The molecule has 2 nitrogen and oxygen atoms in total. The van der Waals surface area contributed by atoms with Crippen LogP contribution in [0.25, 0.3) is 0 Å². The van der Waals surface area contributed by atoms with Crippen LogP contribution in [0.1, 0.15) is 19.3 Å². The summed E-state index contributed by atoms with van der Waals surface area (Å²) in [4.78, 5) is 21.7. The number of rotatable bonds is 0. The predicted molar refractivity (Wildman–Crippen MR) is 30.8 cm³/mol. The Balaban J connectivity index is 2.28. The molecule has 2 atom stereocenters. The standard InChI is InChI=1S/C7H8O2/c8-6-2-4-1-5(6)3-7(4)9/h4-5H,1-3H2/t4-,5?/m1/s1. The van der Waals surface area contributed by atoms with E-state index < -0.39 is 0 Å². The molecule has 1 unspecified atom stereocenters. The van der Waals surface area contributed by atoms with E-state index in [4.69, 9.17) is 0 Å². The van der Waals surface area contributed by atoms with Crippen molar-refractivity contribution >= 4 is 11.6 Å². The first-order valence-electron chi connectivity index (χ1n) is 3.33. The summed E-state index contributed by atoms with van der Waals surface area (Å²) in [5.74, 6) is 0.893. The normalized spacial score (nSPS) is 40.4. The number of hydrogen-bond donors (Lipinski definition) is 0. The van der Waals surface area contributed by atoms with Gasteiger partial charge in [0.15, 0.2) is 0 Å². The van der Waals surface area contributed by atoms with Crippen LogP contribution in [0.5, 0.6) is 0 Å². The Morgan fingerprint density at radius 2 is 1.44 bits per heavy atom. The molecule has 0 radical (unpaired) electrons. The highest BCUT2D eigenvalue weighted by Crippen LogP contribution is 2.39. The van der Waals surface area contributed by atoms with Gasteiger partial charge in [0.1, 0.15) is 11.6 Å². The number of Topliss-reactive ketones (excluding diaryl/α,β-unsaturated/α-hetero) is 2. The molecule has 0 spiro atoms. The number of ketones is 2. The van der Waals surface area contributed by atoms with Gasteiger partial charge in [-0.25, -0.2) is 0 Å². The first-order valence-corrected chi connectivity index (χ1v) is 3.33. The quantitative estimate of drug-likeness (QED) is 0.472. The molecule has 9 heavy (non-hydrogen) atoms. The molecular formula is C7H8O2. The molecule has 2 aliphatic rings. The van der Waals surface area contributed by atoms with Crippen molar-refractivity contribution in [3.63, 3.8) is 0 Å². The summed E-state index contributed by atoms with van der Waals surface area (Å²) in [6.07, 6.45) is 1.95. The van der Waals surface area contributed by atoms with E-state index in [0.29, 0.717) is 24.4 Å². The van der Waals surface area contributed by atoms with Gasteiger partial charge in [0.2, 0.25) is 0 Å². The fourth-order valence-electron chi connectivity index (χ4n) is 1.82. The van der Waals surface area contributed by atoms with Gasteiger partial charge in [0.25, 0.3) is 0 Å². The second-order valence-electron chi connectivity index (χ2n) is 2.97. The fourth-order valence-corrected chi connectivity index (χ4v) is 1.82. The lowest BCUT2D eigenvalue weighted by Crippen LogP contribution is -2.16. The molecule has 2 aliphatic carbocycles. The lowest BCUT2D eigenvalue weighted by Gasteiger charge is -2.04. The SMILES string of the molecule is O=C1C[C@H]2CC1CC2=O. The van der Waals surface area contributed by atoms with Crippen molar-refractivity contribution in [3.8, 4) is 0 Å². The highest BCUT2D eigenvalue weighted by Gasteiger charge is 2.43. The molecule has 0 N–H and O–H groups in total. The summed E-state index contributed by atoms with van der Waals surface area (Å²) in [6.45, 7) is 0. The minimum Gasteiger partial charge on any atom is -0.299 e. The summed E-state index contributed by atoms with van der Waals surface area (Å²) in [5, 5.41) is 0. The zero-order chi connectivity index (χ0) is 6.43. The summed E-state index contributed by atoms with van der Waals surface area (Å²) in [7, 11) is 0. The molecule has 0 saturated heterocycles. The average molecular weight is 124 g/mol. The van der Waals surface area contributed by atoms with Gasteiger partial charge in [0, 0.05) is 24.7 Å². The molecule has 0 aliphatic heterocycles. The summed E-state index contributed by atoms with van der Waals surface area (Å²) >= 11 is 0. The van der Waals surface area contributed by atoms with E-state index in [-0.39, 0.29) is 11.8 Å². The fraction of sp³-hybridized carbons (Fsp3) is 0.714. The van der Waals surface area contributed by atoms with Crippen LogP contribution in [-0.4, -0.2) is 11.6 Å². The largest absolute Gasteiger partial charge is 0.299 e. The van der Waals surface area contributed by atoms with Crippen molar-refractivity contribution in [2.75, 3.05) is 0 Å². The molecule has 2 heteroatoms. The molecule has 2 rings (SSSR count). The molecule has 0 amide bonds. The average Bonchev–Trinajstić information content (AvgIpc) is 2.24. The molecular weight excluding hydrogens is 116 g/mol. The predicted octanol–water partition coefficient (Wildman–Crippen LogP) is 0.554. The van der Waals surface area contributed by atoms with Gasteiger partial charge in [0.05, 0.1) is 0 Å². The van der Waals surface area contributed by atoms with E-state index in [2.05, 4.69) is 0 Å². The number of carbonyl (C=O) groups is 2. The van der Waals surface area contributed by atoms with Gasteiger partial charge in [-0.2, -0.15) is 0 Å². The molecule has 0 aromatic heterocycles. The Morgan fingerprint density at radius 3 is 1.67 bits per heavy atom. The second-order valence-corrected chi connectivity index (χ2v) is 2.97. The van der Waals surface area contributed by atoms with Crippen molar-refractivity contribution in [2.45, 2.75) is 19.3 Å². The van der Waals surface area contributed by atoms with Crippen LogP contribution >= 0.6 is 0 Å².